The lowest BCUT2D eigenvalue weighted by molar-refractivity contribution is -0.137. The fourth-order valence-corrected chi connectivity index (χ4v) is 2.51. The average molecular weight is 263 g/mol. The zero-order chi connectivity index (χ0) is 13.0. The maximum atomic E-state index is 10.4. The Morgan fingerprint density at radius 1 is 1.33 bits per heavy atom. The molecule has 2 aromatic rings. The molecule has 18 heavy (non-hydrogen) atoms. The van der Waals surface area contributed by atoms with Gasteiger partial charge in [0.15, 0.2) is 0 Å². The number of rotatable bonds is 5. The quantitative estimate of drug-likeness (QED) is 0.870. The minimum atomic E-state index is -0.786. The molecule has 0 saturated carbocycles. The number of phenols is 1. The van der Waals surface area contributed by atoms with Crippen LogP contribution in [-0.4, -0.2) is 21.2 Å². The van der Waals surface area contributed by atoms with E-state index in [1.165, 1.54) is 11.3 Å². The first-order valence-corrected chi connectivity index (χ1v) is 6.49. The maximum Gasteiger partial charge on any atom is 0.303 e. The van der Waals surface area contributed by atoms with Gasteiger partial charge in [-0.1, -0.05) is 12.1 Å². The van der Waals surface area contributed by atoms with Crippen molar-refractivity contribution in [2.24, 2.45) is 0 Å². The molecule has 5 heteroatoms. The number of aliphatic carboxylic acids is 1. The Morgan fingerprint density at radius 3 is 2.83 bits per heavy atom. The van der Waals surface area contributed by atoms with Gasteiger partial charge in [-0.3, -0.25) is 4.79 Å². The topological polar surface area (TPSA) is 70.4 Å². The van der Waals surface area contributed by atoms with E-state index in [0.717, 1.165) is 10.7 Å². The SMILES string of the molecule is O=C(O)CCCc1csc(-c2ccccc2O)n1. The predicted molar refractivity (Wildman–Crippen MR) is 69.8 cm³/mol. The number of carboxylic acid groups (broad SMARTS) is 1. The van der Waals surface area contributed by atoms with Crippen molar-refractivity contribution in [2.75, 3.05) is 0 Å². The maximum absolute atomic E-state index is 10.4. The van der Waals surface area contributed by atoms with Gasteiger partial charge in [0.1, 0.15) is 10.8 Å². The van der Waals surface area contributed by atoms with Crippen molar-refractivity contribution in [3.63, 3.8) is 0 Å². The number of para-hydroxylation sites is 1. The van der Waals surface area contributed by atoms with Crippen LogP contribution in [-0.2, 0) is 11.2 Å². The van der Waals surface area contributed by atoms with Crippen molar-refractivity contribution in [1.82, 2.24) is 4.98 Å². The molecule has 0 aliphatic carbocycles. The van der Waals surface area contributed by atoms with Crippen molar-refractivity contribution >= 4 is 17.3 Å². The van der Waals surface area contributed by atoms with E-state index < -0.39 is 5.97 Å². The summed E-state index contributed by atoms with van der Waals surface area (Å²) < 4.78 is 0. The lowest BCUT2D eigenvalue weighted by Gasteiger charge is -1.99. The number of thiazole rings is 1. The molecule has 0 saturated heterocycles. The monoisotopic (exact) mass is 263 g/mol. The lowest BCUT2D eigenvalue weighted by atomic mass is 10.2. The third-order valence-corrected chi connectivity index (χ3v) is 3.43. The second kappa shape index (κ2) is 5.64. The van der Waals surface area contributed by atoms with Crippen LogP contribution in [0.4, 0.5) is 0 Å². The molecule has 0 aliphatic rings. The third-order valence-electron chi connectivity index (χ3n) is 2.51. The summed E-state index contributed by atoms with van der Waals surface area (Å²) in [6, 6.07) is 7.05. The van der Waals surface area contributed by atoms with E-state index in [0.29, 0.717) is 18.4 Å². The van der Waals surface area contributed by atoms with Gasteiger partial charge in [0.2, 0.25) is 0 Å². The molecular formula is C13H13NO3S. The lowest BCUT2D eigenvalue weighted by Crippen LogP contribution is -1.95. The second-order valence-corrected chi connectivity index (χ2v) is 4.77. The molecule has 0 fully saturated rings. The van der Waals surface area contributed by atoms with Gasteiger partial charge in [-0.15, -0.1) is 11.3 Å². The minimum Gasteiger partial charge on any atom is -0.507 e. The average Bonchev–Trinajstić information content (AvgIpc) is 2.78. The Morgan fingerprint density at radius 2 is 2.11 bits per heavy atom. The fourth-order valence-electron chi connectivity index (χ4n) is 1.62. The smallest absolute Gasteiger partial charge is 0.303 e. The van der Waals surface area contributed by atoms with Crippen molar-refractivity contribution in [3.8, 4) is 16.3 Å². The van der Waals surface area contributed by atoms with E-state index in [9.17, 15) is 9.90 Å². The first-order valence-electron chi connectivity index (χ1n) is 5.61. The Hall–Kier alpha value is -1.88. The second-order valence-electron chi connectivity index (χ2n) is 3.91. The highest BCUT2D eigenvalue weighted by atomic mass is 32.1. The molecule has 0 aliphatic heterocycles. The van der Waals surface area contributed by atoms with Crippen LogP contribution in [0.5, 0.6) is 5.75 Å². The van der Waals surface area contributed by atoms with Gasteiger partial charge >= 0.3 is 5.97 Å². The van der Waals surface area contributed by atoms with E-state index in [4.69, 9.17) is 5.11 Å². The summed E-state index contributed by atoms with van der Waals surface area (Å²) >= 11 is 1.46. The first-order chi connectivity index (χ1) is 8.66. The summed E-state index contributed by atoms with van der Waals surface area (Å²) in [7, 11) is 0. The van der Waals surface area contributed by atoms with Crippen LogP contribution in [0.15, 0.2) is 29.6 Å². The van der Waals surface area contributed by atoms with Crippen LogP contribution in [0.1, 0.15) is 18.5 Å². The molecule has 0 unspecified atom stereocenters. The number of carboxylic acids is 1. The fraction of sp³-hybridized carbons (Fsp3) is 0.231. The summed E-state index contributed by atoms with van der Waals surface area (Å²) in [6.07, 6.45) is 1.39. The Labute approximate surface area is 109 Å². The Balaban J connectivity index is 2.06. The number of carbonyl (C=O) groups is 1. The normalized spacial score (nSPS) is 10.4. The van der Waals surface area contributed by atoms with Crippen molar-refractivity contribution < 1.29 is 15.0 Å². The Bertz CT molecular complexity index is 551. The molecule has 2 N–H and O–H groups in total. The largest absolute Gasteiger partial charge is 0.507 e. The van der Waals surface area contributed by atoms with Crippen LogP contribution in [0, 0.1) is 0 Å². The molecule has 0 amide bonds. The van der Waals surface area contributed by atoms with Crippen LogP contribution in [0.2, 0.25) is 0 Å². The number of hydrogen-bond acceptors (Lipinski definition) is 4. The molecule has 0 atom stereocenters. The van der Waals surface area contributed by atoms with Crippen LogP contribution >= 0.6 is 11.3 Å². The van der Waals surface area contributed by atoms with Crippen LogP contribution in [0.3, 0.4) is 0 Å². The molecule has 94 valence electrons. The van der Waals surface area contributed by atoms with Gasteiger partial charge in [-0.2, -0.15) is 0 Å². The van der Waals surface area contributed by atoms with Gasteiger partial charge in [-0.05, 0) is 25.0 Å². The van der Waals surface area contributed by atoms with Crippen molar-refractivity contribution in [2.45, 2.75) is 19.3 Å². The summed E-state index contributed by atoms with van der Waals surface area (Å²) in [5.74, 6) is -0.574. The molecule has 4 nitrogen and oxygen atoms in total. The first kappa shape index (κ1) is 12.6. The molecule has 1 aromatic heterocycles. The number of benzene rings is 1. The number of nitrogens with zero attached hydrogens (tertiary/aromatic N) is 1. The highest BCUT2D eigenvalue weighted by Crippen LogP contribution is 2.31. The van der Waals surface area contributed by atoms with Gasteiger partial charge in [0.25, 0.3) is 0 Å². The number of aryl methyl sites for hydroxylation is 1. The van der Waals surface area contributed by atoms with Gasteiger partial charge in [-0.25, -0.2) is 4.98 Å². The number of aromatic nitrogens is 1. The molecule has 0 bridgehead atoms. The predicted octanol–water partition coefficient (Wildman–Crippen LogP) is 2.92. The summed E-state index contributed by atoms with van der Waals surface area (Å²) in [6.45, 7) is 0. The Kier molecular flexibility index (Phi) is 3.94. The van der Waals surface area contributed by atoms with Crippen LogP contribution < -0.4 is 0 Å². The van der Waals surface area contributed by atoms with E-state index in [2.05, 4.69) is 4.98 Å². The zero-order valence-electron chi connectivity index (χ0n) is 9.67. The molecule has 0 spiro atoms. The summed E-state index contributed by atoms with van der Waals surface area (Å²) in [4.78, 5) is 14.8. The standard InChI is InChI=1S/C13H13NO3S/c15-11-6-2-1-5-10(11)13-14-9(8-18-13)4-3-7-12(16)17/h1-2,5-6,8,15H,3-4,7H2,(H,16,17). The van der Waals surface area contributed by atoms with E-state index in [1.807, 2.05) is 17.5 Å². The van der Waals surface area contributed by atoms with Crippen molar-refractivity contribution in [1.29, 1.82) is 0 Å². The highest BCUT2D eigenvalue weighted by molar-refractivity contribution is 7.13. The van der Waals surface area contributed by atoms with Crippen LogP contribution in [0.25, 0.3) is 10.6 Å². The molecule has 2 rings (SSSR count). The van der Waals surface area contributed by atoms with Gasteiger partial charge in [0.05, 0.1) is 11.3 Å². The van der Waals surface area contributed by atoms with E-state index >= 15 is 0 Å². The number of phenolic OH excluding ortho intramolecular Hbond substituents is 1. The highest BCUT2D eigenvalue weighted by Gasteiger charge is 2.08. The van der Waals surface area contributed by atoms with Gasteiger partial charge < -0.3 is 10.2 Å². The van der Waals surface area contributed by atoms with E-state index in [-0.39, 0.29) is 12.2 Å². The molecule has 1 aromatic carbocycles. The summed E-state index contributed by atoms with van der Waals surface area (Å²) in [5.41, 5.74) is 1.59. The number of hydrogen-bond donors (Lipinski definition) is 2. The third kappa shape index (κ3) is 3.07. The molecular weight excluding hydrogens is 250 g/mol. The molecule has 1 heterocycles. The molecule has 0 radical (unpaired) electrons. The summed E-state index contributed by atoms with van der Waals surface area (Å²) in [5, 5.41) is 20.9. The van der Waals surface area contributed by atoms with E-state index in [1.54, 1.807) is 12.1 Å². The van der Waals surface area contributed by atoms with Gasteiger partial charge in [0, 0.05) is 11.8 Å². The zero-order valence-corrected chi connectivity index (χ0v) is 10.5. The number of aromatic hydroxyl groups is 1. The minimum absolute atomic E-state index is 0.156. The van der Waals surface area contributed by atoms with Crippen molar-refractivity contribution in [3.05, 3.63) is 35.3 Å².